The molecule has 5 heteroatoms. The van der Waals surface area contributed by atoms with Crippen molar-refractivity contribution in [3.05, 3.63) is 69.7 Å². The lowest BCUT2D eigenvalue weighted by Crippen LogP contribution is -2.43. The molecule has 1 N–H and O–H groups in total. The van der Waals surface area contributed by atoms with Crippen LogP contribution in [0.2, 0.25) is 5.02 Å². The Morgan fingerprint density at radius 1 is 1.14 bits per heavy atom. The Morgan fingerprint density at radius 3 is 2.54 bits per heavy atom. The molecule has 1 atom stereocenters. The summed E-state index contributed by atoms with van der Waals surface area (Å²) in [6, 6.07) is 14.4. The molecule has 0 aromatic heterocycles. The third-order valence-corrected chi connectivity index (χ3v) is 5.61. The largest absolute Gasteiger partial charge is 0.379 e. The lowest BCUT2D eigenvalue weighted by atomic mass is 10.0. The summed E-state index contributed by atoms with van der Waals surface area (Å²) in [5, 5.41) is 3.86. The molecule has 1 saturated heterocycles. The van der Waals surface area contributed by atoms with Crippen molar-refractivity contribution in [2.45, 2.75) is 32.7 Å². The van der Waals surface area contributed by atoms with Crippen molar-refractivity contribution in [1.82, 2.24) is 10.2 Å². The Hall–Kier alpha value is -1.88. The van der Waals surface area contributed by atoms with Gasteiger partial charge in [0.05, 0.1) is 19.3 Å². The fraction of sp³-hybridized carbons (Fsp3) is 0.435. The minimum atomic E-state index is 0.0900. The molecule has 2 aromatic rings. The van der Waals surface area contributed by atoms with Crippen molar-refractivity contribution >= 4 is 17.5 Å². The average molecular weight is 401 g/mol. The zero-order valence-electron chi connectivity index (χ0n) is 16.7. The number of morpholine rings is 1. The number of amides is 1. The topological polar surface area (TPSA) is 41.6 Å². The van der Waals surface area contributed by atoms with E-state index in [1.54, 1.807) is 0 Å². The quantitative estimate of drug-likeness (QED) is 0.761. The standard InChI is InChI=1S/C23H29ClN2O2/c1-17-3-4-19(18(2)15-17)7-10-23(27)25-16-22(26-11-13-28-14-12-26)20-5-8-21(24)9-6-20/h3-6,8-9,15,22H,7,10-14,16H2,1-2H3,(H,25,27)/t22-/m0/s1. The molecule has 2 aromatic carbocycles. The number of rotatable bonds is 7. The van der Waals surface area contributed by atoms with Crippen molar-refractivity contribution in [1.29, 1.82) is 0 Å². The van der Waals surface area contributed by atoms with Gasteiger partial charge >= 0.3 is 0 Å². The molecule has 28 heavy (non-hydrogen) atoms. The Kier molecular flexibility index (Phi) is 7.49. The van der Waals surface area contributed by atoms with Crippen LogP contribution in [-0.2, 0) is 16.0 Å². The number of carbonyl (C=O) groups is 1. The van der Waals surface area contributed by atoms with E-state index in [2.05, 4.69) is 42.3 Å². The van der Waals surface area contributed by atoms with Crippen LogP contribution >= 0.6 is 11.6 Å². The van der Waals surface area contributed by atoms with E-state index in [0.29, 0.717) is 13.0 Å². The average Bonchev–Trinajstić information content (AvgIpc) is 2.69. The zero-order valence-corrected chi connectivity index (χ0v) is 17.5. The number of hydrogen-bond donors (Lipinski definition) is 1. The van der Waals surface area contributed by atoms with Crippen molar-refractivity contribution in [3.8, 4) is 0 Å². The number of carbonyl (C=O) groups excluding carboxylic acids is 1. The van der Waals surface area contributed by atoms with E-state index in [-0.39, 0.29) is 11.9 Å². The maximum Gasteiger partial charge on any atom is 0.220 e. The Labute approximate surface area is 172 Å². The molecule has 1 amide bonds. The molecule has 0 radical (unpaired) electrons. The van der Waals surface area contributed by atoms with E-state index >= 15 is 0 Å². The Balaban J connectivity index is 1.59. The Bertz CT molecular complexity index is 786. The highest BCUT2D eigenvalue weighted by atomic mass is 35.5. The minimum Gasteiger partial charge on any atom is -0.379 e. The van der Waals surface area contributed by atoms with Crippen LogP contribution < -0.4 is 5.32 Å². The second-order valence-electron chi connectivity index (χ2n) is 7.45. The molecule has 1 aliphatic rings. The van der Waals surface area contributed by atoms with Gasteiger partial charge in [-0.2, -0.15) is 0 Å². The molecule has 4 nitrogen and oxygen atoms in total. The minimum absolute atomic E-state index is 0.0900. The molecule has 0 aliphatic carbocycles. The monoisotopic (exact) mass is 400 g/mol. The van der Waals surface area contributed by atoms with Gasteiger partial charge in [-0.15, -0.1) is 0 Å². The van der Waals surface area contributed by atoms with Crippen molar-refractivity contribution in [3.63, 3.8) is 0 Å². The lowest BCUT2D eigenvalue weighted by molar-refractivity contribution is -0.121. The van der Waals surface area contributed by atoms with E-state index in [0.717, 1.165) is 37.7 Å². The second-order valence-corrected chi connectivity index (χ2v) is 7.89. The molecule has 0 saturated carbocycles. The molecule has 0 spiro atoms. The highest BCUT2D eigenvalue weighted by Gasteiger charge is 2.23. The SMILES string of the molecule is Cc1ccc(CCC(=O)NC[C@@H](c2ccc(Cl)cc2)N2CCOCC2)c(C)c1. The second kappa shape index (κ2) is 10.1. The third kappa shape index (κ3) is 5.81. The summed E-state index contributed by atoms with van der Waals surface area (Å²) in [7, 11) is 0. The number of nitrogens with one attached hydrogen (secondary N) is 1. The van der Waals surface area contributed by atoms with Crippen LogP contribution in [0.5, 0.6) is 0 Å². The van der Waals surface area contributed by atoms with Gasteiger partial charge in [-0.3, -0.25) is 9.69 Å². The first kappa shape index (κ1) is 20.8. The zero-order chi connectivity index (χ0) is 19.9. The van der Waals surface area contributed by atoms with Gasteiger partial charge in [-0.25, -0.2) is 0 Å². The van der Waals surface area contributed by atoms with E-state index in [4.69, 9.17) is 16.3 Å². The van der Waals surface area contributed by atoms with Crippen molar-refractivity contribution in [2.75, 3.05) is 32.8 Å². The van der Waals surface area contributed by atoms with Gasteiger partial charge in [0, 0.05) is 31.1 Å². The number of benzene rings is 2. The van der Waals surface area contributed by atoms with Crippen LogP contribution in [0.15, 0.2) is 42.5 Å². The van der Waals surface area contributed by atoms with Crippen LogP contribution in [-0.4, -0.2) is 43.7 Å². The summed E-state index contributed by atoms with van der Waals surface area (Å²) < 4.78 is 5.49. The van der Waals surface area contributed by atoms with Gasteiger partial charge in [-0.1, -0.05) is 47.5 Å². The molecular weight excluding hydrogens is 372 g/mol. The van der Waals surface area contributed by atoms with E-state index in [1.165, 1.54) is 22.3 Å². The summed E-state index contributed by atoms with van der Waals surface area (Å²) in [4.78, 5) is 14.9. The summed E-state index contributed by atoms with van der Waals surface area (Å²) in [5.41, 5.74) is 4.91. The van der Waals surface area contributed by atoms with Gasteiger partial charge in [0.25, 0.3) is 0 Å². The maximum atomic E-state index is 12.5. The van der Waals surface area contributed by atoms with Crippen LogP contribution in [0.1, 0.15) is 34.7 Å². The normalized spacial score (nSPS) is 16.0. The predicted molar refractivity (Wildman–Crippen MR) is 114 cm³/mol. The third-order valence-electron chi connectivity index (χ3n) is 5.35. The number of aryl methyl sites for hydroxylation is 3. The first-order valence-corrected chi connectivity index (χ1v) is 10.3. The summed E-state index contributed by atoms with van der Waals surface area (Å²) in [6.45, 7) is 7.97. The summed E-state index contributed by atoms with van der Waals surface area (Å²) in [6.07, 6.45) is 1.27. The van der Waals surface area contributed by atoms with Crippen LogP contribution in [0.4, 0.5) is 0 Å². The fourth-order valence-electron chi connectivity index (χ4n) is 3.71. The summed E-state index contributed by atoms with van der Waals surface area (Å²) in [5.74, 6) is 0.0900. The van der Waals surface area contributed by atoms with Crippen molar-refractivity contribution < 1.29 is 9.53 Å². The lowest BCUT2D eigenvalue weighted by Gasteiger charge is -2.35. The number of hydrogen-bond acceptors (Lipinski definition) is 3. The Morgan fingerprint density at radius 2 is 1.86 bits per heavy atom. The van der Waals surface area contributed by atoms with Gasteiger partial charge in [0.15, 0.2) is 0 Å². The first-order chi connectivity index (χ1) is 13.5. The number of ether oxygens (including phenoxy) is 1. The molecule has 1 aliphatic heterocycles. The van der Waals surface area contributed by atoms with Gasteiger partial charge < -0.3 is 10.1 Å². The molecule has 1 heterocycles. The number of halogens is 1. The van der Waals surface area contributed by atoms with Gasteiger partial charge in [0.2, 0.25) is 5.91 Å². The van der Waals surface area contributed by atoms with Crippen LogP contribution in [0.3, 0.4) is 0 Å². The van der Waals surface area contributed by atoms with E-state index < -0.39 is 0 Å². The van der Waals surface area contributed by atoms with Gasteiger partial charge in [0.1, 0.15) is 0 Å². The van der Waals surface area contributed by atoms with E-state index in [1.807, 2.05) is 24.3 Å². The summed E-state index contributed by atoms with van der Waals surface area (Å²) >= 11 is 6.05. The van der Waals surface area contributed by atoms with E-state index in [9.17, 15) is 4.79 Å². The van der Waals surface area contributed by atoms with Crippen molar-refractivity contribution in [2.24, 2.45) is 0 Å². The smallest absolute Gasteiger partial charge is 0.220 e. The molecule has 3 rings (SSSR count). The van der Waals surface area contributed by atoms with Crippen LogP contribution in [0, 0.1) is 13.8 Å². The highest BCUT2D eigenvalue weighted by molar-refractivity contribution is 6.30. The van der Waals surface area contributed by atoms with Crippen LogP contribution in [0.25, 0.3) is 0 Å². The fourth-order valence-corrected chi connectivity index (χ4v) is 3.83. The molecule has 150 valence electrons. The van der Waals surface area contributed by atoms with Gasteiger partial charge in [-0.05, 0) is 49.1 Å². The molecule has 1 fully saturated rings. The first-order valence-electron chi connectivity index (χ1n) is 9.93. The molecular formula is C23H29ClN2O2. The highest BCUT2D eigenvalue weighted by Crippen LogP contribution is 2.23. The predicted octanol–water partition coefficient (Wildman–Crippen LogP) is 4.08. The maximum absolute atomic E-state index is 12.5. The number of nitrogens with zero attached hydrogens (tertiary/aromatic N) is 1. The molecule has 0 unspecified atom stereocenters. The molecule has 0 bridgehead atoms.